The van der Waals surface area contributed by atoms with E-state index >= 15 is 0 Å². The van der Waals surface area contributed by atoms with Crippen molar-refractivity contribution in [1.29, 1.82) is 0 Å². The highest BCUT2D eigenvalue weighted by Gasteiger charge is 2.29. The van der Waals surface area contributed by atoms with Crippen molar-refractivity contribution in [2.24, 2.45) is 5.92 Å². The molecule has 0 atom stereocenters. The predicted molar refractivity (Wildman–Crippen MR) is 98.8 cm³/mol. The van der Waals surface area contributed by atoms with Crippen LogP contribution in [0.2, 0.25) is 0 Å². The third-order valence-corrected chi connectivity index (χ3v) is 6.08. The van der Waals surface area contributed by atoms with Crippen molar-refractivity contribution in [1.82, 2.24) is 4.90 Å². The Kier molecular flexibility index (Phi) is 5.59. The number of piperidine rings is 1. The summed E-state index contributed by atoms with van der Waals surface area (Å²) in [5.74, 6) is 0.478. The maximum atomic E-state index is 13.1. The molecule has 1 aliphatic carbocycles. The summed E-state index contributed by atoms with van der Waals surface area (Å²) >= 11 is 1.63. The van der Waals surface area contributed by atoms with E-state index in [2.05, 4.69) is 5.32 Å². The third kappa shape index (κ3) is 3.82. The van der Waals surface area contributed by atoms with Gasteiger partial charge in [-0.15, -0.1) is 11.3 Å². The molecule has 0 radical (unpaired) electrons. The molecule has 0 saturated carbocycles. The molecule has 1 aliphatic heterocycles. The number of carbonyl (C=O) groups is 2. The summed E-state index contributed by atoms with van der Waals surface area (Å²) in [5, 5.41) is 3.85. The van der Waals surface area contributed by atoms with Crippen molar-refractivity contribution < 1.29 is 9.59 Å². The van der Waals surface area contributed by atoms with E-state index in [1.165, 1.54) is 23.3 Å². The lowest BCUT2D eigenvalue weighted by molar-refractivity contribution is -0.116. The number of nitrogens with zero attached hydrogens (tertiary/aromatic N) is 1. The van der Waals surface area contributed by atoms with Crippen LogP contribution < -0.4 is 5.32 Å². The van der Waals surface area contributed by atoms with E-state index < -0.39 is 0 Å². The van der Waals surface area contributed by atoms with Crippen LogP contribution in [0.25, 0.3) is 0 Å². The van der Waals surface area contributed by atoms with Crippen molar-refractivity contribution in [3.63, 3.8) is 0 Å². The molecule has 1 N–H and O–H groups in total. The number of carbonyl (C=O) groups excluding carboxylic acids is 2. The van der Waals surface area contributed by atoms with Crippen LogP contribution in [0.5, 0.6) is 0 Å². The van der Waals surface area contributed by atoms with E-state index in [9.17, 15) is 9.59 Å². The quantitative estimate of drug-likeness (QED) is 0.885. The molecule has 5 heteroatoms. The fourth-order valence-corrected chi connectivity index (χ4v) is 4.98. The first-order chi connectivity index (χ1) is 11.6. The predicted octanol–water partition coefficient (Wildman–Crippen LogP) is 4.24. The van der Waals surface area contributed by atoms with Gasteiger partial charge >= 0.3 is 0 Å². The van der Waals surface area contributed by atoms with E-state index in [1.54, 1.807) is 11.3 Å². The average molecular weight is 349 g/mol. The lowest BCUT2D eigenvalue weighted by Crippen LogP contribution is -2.36. The van der Waals surface area contributed by atoms with Gasteiger partial charge in [0.2, 0.25) is 5.91 Å². The van der Waals surface area contributed by atoms with E-state index in [4.69, 9.17) is 0 Å². The van der Waals surface area contributed by atoms with Gasteiger partial charge in [0.25, 0.3) is 5.91 Å². The Morgan fingerprint density at radius 1 is 1.08 bits per heavy atom. The second kappa shape index (κ2) is 7.68. The molecule has 0 unspecified atom stereocenters. The molecular formula is C19H28N2O2S. The molecule has 2 amide bonds. The molecule has 0 aromatic carbocycles. The highest BCUT2D eigenvalue weighted by molar-refractivity contribution is 7.17. The van der Waals surface area contributed by atoms with E-state index in [1.807, 2.05) is 18.7 Å². The van der Waals surface area contributed by atoms with Crippen molar-refractivity contribution >= 4 is 28.2 Å². The number of anilines is 1. The van der Waals surface area contributed by atoms with Crippen molar-refractivity contribution in [3.8, 4) is 0 Å². The first-order valence-corrected chi connectivity index (χ1v) is 10.1. The van der Waals surface area contributed by atoms with Gasteiger partial charge in [0.15, 0.2) is 0 Å². The molecule has 2 heterocycles. The SMILES string of the molecule is CC(C)CC(=O)Nc1sc2c(c1C(=O)N1CCCCC1)CCCC2. The maximum absolute atomic E-state index is 13.1. The van der Waals surface area contributed by atoms with Crippen LogP contribution >= 0.6 is 11.3 Å². The fourth-order valence-electron chi connectivity index (χ4n) is 3.68. The lowest BCUT2D eigenvalue weighted by Gasteiger charge is -2.27. The molecule has 0 spiro atoms. The topological polar surface area (TPSA) is 49.4 Å². The lowest BCUT2D eigenvalue weighted by atomic mass is 9.94. The summed E-state index contributed by atoms with van der Waals surface area (Å²) in [6.45, 7) is 5.78. The van der Waals surface area contributed by atoms with Crippen molar-refractivity contribution in [3.05, 3.63) is 16.0 Å². The first kappa shape index (κ1) is 17.5. The number of fused-ring (bicyclic) bond motifs is 1. The van der Waals surface area contributed by atoms with Gasteiger partial charge in [-0.2, -0.15) is 0 Å². The number of rotatable bonds is 4. The number of likely N-dealkylation sites (tertiary alicyclic amines) is 1. The largest absolute Gasteiger partial charge is 0.339 e. The molecule has 132 valence electrons. The molecule has 0 bridgehead atoms. The van der Waals surface area contributed by atoms with Gasteiger partial charge in [0.05, 0.1) is 5.56 Å². The van der Waals surface area contributed by atoms with Crippen LogP contribution in [0, 0.1) is 5.92 Å². The summed E-state index contributed by atoms with van der Waals surface area (Å²) in [6.07, 6.45) is 8.23. The highest BCUT2D eigenvalue weighted by atomic mass is 32.1. The smallest absolute Gasteiger partial charge is 0.257 e. The minimum Gasteiger partial charge on any atom is -0.339 e. The molecule has 2 aliphatic rings. The van der Waals surface area contributed by atoms with Gasteiger partial charge in [0.1, 0.15) is 5.00 Å². The highest BCUT2D eigenvalue weighted by Crippen LogP contribution is 2.39. The third-order valence-electron chi connectivity index (χ3n) is 4.88. The van der Waals surface area contributed by atoms with E-state index in [0.717, 1.165) is 55.8 Å². The second-order valence-electron chi connectivity index (χ2n) is 7.41. The Labute approximate surface area is 148 Å². The average Bonchev–Trinajstić information content (AvgIpc) is 2.91. The van der Waals surface area contributed by atoms with E-state index in [0.29, 0.717) is 12.3 Å². The molecule has 1 fully saturated rings. The van der Waals surface area contributed by atoms with Crippen LogP contribution in [-0.2, 0) is 17.6 Å². The minimum atomic E-state index is 0.0243. The van der Waals surface area contributed by atoms with Crippen LogP contribution in [0.15, 0.2) is 0 Å². The Morgan fingerprint density at radius 2 is 1.79 bits per heavy atom. The van der Waals surface area contributed by atoms with Gasteiger partial charge < -0.3 is 10.2 Å². The molecule has 3 rings (SSSR count). The summed E-state index contributed by atoms with van der Waals surface area (Å²) in [5.41, 5.74) is 2.01. The molecular weight excluding hydrogens is 320 g/mol. The van der Waals surface area contributed by atoms with Gasteiger partial charge in [-0.3, -0.25) is 9.59 Å². The van der Waals surface area contributed by atoms with Gasteiger partial charge in [-0.25, -0.2) is 0 Å². The number of hydrogen-bond acceptors (Lipinski definition) is 3. The number of thiophene rings is 1. The Bertz CT molecular complexity index is 615. The number of amides is 2. The Hall–Kier alpha value is -1.36. The standard InChI is InChI=1S/C19H28N2O2S/c1-13(2)12-16(22)20-18-17(14-8-4-5-9-15(14)24-18)19(23)21-10-6-3-7-11-21/h13H,3-12H2,1-2H3,(H,20,22). The minimum absolute atomic E-state index is 0.0243. The van der Waals surface area contributed by atoms with Gasteiger partial charge in [0, 0.05) is 24.4 Å². The van der Waals surface area contributed by atoms with Crippen LogP contribution in [0.4, 0.5) is 5.00 Å². The Balaban J connectivity index is 1.88. The molecule has 1 aromatic rings. The normalized spacial score (nSPS) is 17.7. The maximum Gasteiger partial charge on any atom is 0.257 e. The summed E-state index contributed by atoms with van der Waals surface area (Å²) in [4.78, 5) is 28.7. The molecule has 1 aromatic heterocycles. The zero-order chi connectivity index (χ0) is 17.1. The number of hydrogen-bond donors (Lipinski definition) is 1. The van der Waals surface area contributed by atoms with E-state index in [-0.39, 0.29) is 11.8 Å². The molecule has 4 nitrogen and oxygen atoms in total. The second-order valence-corrected chi connectivity index (χ2v) is 8.52. The number of aryl methyl sites for hydroxylation is 1. The van der Waals surface area contributed by atoms with Gasteiger partial charge in [-0.05, 0) is 56.4 Å². The first-order valence-electron chi connectivity index (χ1n) is 9.30. The van der Waals surface area contributed by atoms with Gasteiger partial charge in [-0.1, -0.05) is 13.8 Å². The van der Waals surface area contributed by atoms with Crippen LogP contribution in [0.3, 0.4) is 0 Å². The van der Waals surface area contributed by atoms with Crippen molar-refractivity contribution in [2.75, 3.05) is 18.4 Å². The number of nitrogens with one attached hydrogen (secondary N) is 1. The van der Waals surface area contributed by atoms with Crippen LogP contribution in [-0.4, -0.2) is 29.8 Å². The summed E-state index contributed by atoms with van der Waals surface area (Å²) in [7, 11) is 0. The summed E-state index contributed by atoms with van der Waals surface area (Å²) in [6, 6.07) is 0. The zero-order valence-electron chi connectivity index (χ0n) is 14.8. The summed E-state index contributed by atoms with van der Waals surface area (Å²) < 4.78 is 0. The van der Waals surface area contributed by atoms with Crippen LogP contribution in [0.1, 0.15) is 73.2 Å². The zero-order valence-corrected chi connectivity index (χ0v) is 15.6. The monoisotopic (exact) mass is 348 g/mol. The Morgan fingerprint density at radius 3 is 2.50 bits per heavy atom. The molecule has 1 saturated heterocycles. The van der Waals surface area contributed by atoms with Crippen molar-refractivity contribution in [2.45, 2.75) is 65.2 Å². The fraction of sp³-hybridized carbons (Fsp3) is 0.684. The molecule has 24 heavy (non-hydrogen) atoms.